The average Bonchev–Trinajstić information content (AvgIpc) is 2.91. The van der Waals surface area contributed by atoms with Crippen LogP contribution in [-0.4, -0.2) is 21.9 Å². The van der Waals surface area contributed by atoms with Crippen LogP contribution in [0.2, 0.25) is 10.3 Å². The Hall–Kier alpha value is -0.750. The highest BCUT2D eigenvalue weighted by Crippen LogP contribution is 2.51. The number of anilines is 1. The third kappa shape index (κ3) is 2.04. The number of hydrogen-bond acceptors (Lipinski definition) is 3. The van der Waals surface area contributed by atoms with E-state index < -0.39 is 11.7 Å². The molecule has 1 N–H and O–H groups in total. The van der Waals surface area contributed by atoms with Gasteiger partial charge in [-0.05, 0) is 12.8 Å². The molecule has 0 unspecified atom stereocenters. The summed E-state index contributed by atoms with van der Waals surface area (Å²) in [5.74, 6) is 0. The number of aromatic nitrogens is 2. The van der Waals surface area contributed by atoms with Crippen molar-refractivity contribution in [3.05, 3.63) is 16.4 Å². The second-order valence-corrected chi connectivity index (χ2v) is 4.32. The van der Waals surface area contributed by atoms with Gasteiger partial charge in [0.05, 0.1) is 5.69 Å². The minimum atomic E-state index is -4.31. The van der Waals surface area contributed by atoms with E-state index >= 15 is 0 Å². The third-order valence-corrected chi connectivity index (χ3v) is 2.85. The molecule has 1 saturated carbocycles. The lowest BCUT2D eigenvalue weighted by Gasteiger charge is -2.22. The van der Waals surface area contributed by atoms with E-state index in [1.807, 2.05) is 0 Å². The zero-order valence-electron chi connectivity index (χ0n) is 7.78. The van der Waals surface area contributed by atoms with Crippen LogP contribution in [0.1, 0.15) is 12.8 Å². The van der Waals surface area contributed by atoms with Crippen LogP contribution >= 0.6 is 23.2 Å². The molecule has 0 atom stereocenters. The molecule has 2 rings (SSSR count). The molecule has 1 aromatic heterocycles. The second-order valence-electron chi connectivity index (χ2n) is 3.58. The van der Waals surface area contributed by atoms with Crippen LogP contribution in [0.15, 0.2) is 6.07 Å². The minimum Gasteiger partial charge on any atom is -0.369 e. The Morgan fingerprint density at radius 1 is 1.25 bits per heavy atom. The van der Waals surface area contributed by atoms with Gasteiger partial charge in [0, 0.05) is 6.07 Å². The number of alkyl halides is 3. The van der Waals surface area contributed by atoms with Crippen LogP contribution in [-0.2, 0) is 0 Å². The molecule has 1 aromatic rings. The molecular formula is C8H6Cl2F3N3. The fourth-order valence-corrected chi connectivity index (χ4v) is 1.59. The highest BCUT2D eigenvalue weighted by atomic mass is 35.5. The molecule has 0 aliphatic heterocycles. The highest BCUT2D eigenvalue weighted by Gasteiger charge is 2.63. The van der Waals surface area contributed by atoms with Gasteiger partial charge in [-0.2, -0.15) is 13.2 Å². The first-order chi connectivity index (χ1) is 7.34. The highest BCUT2D eigenvalue weighted by molar-refractivity contribution is 6.33. The monoisotopic (exact) mass is 271 g/mol. The number of rotatable bonds is 2. The maximum Gasteiger partial charge on any atom is 0.411 e. The smallest absolute Gasteiger partial charge is 0.369 e. The molecule has 0 spiro atoms. The fourth-order valence-electron chi connectivity index (χ4n) is 1.30. The molecule has 0 saturated heterocycles. The van der Waals surface area contributed by atoms with Gasteiger partial charge in [-0.1, -0.05) is 23.2 Å². The lowest BCUT2D eigenvalue weighted by atomic mass is 10.2. The van der Waals surface area contributed by atoms with Gasteiger partial charge < -0.3 is 5.32 Å². The van der Waals surface area contributed by atoms with Crippen molar-refractivity contribution in [1.82, 2.24) is 10.2 Å². The van der Waals surface area contributed by atoms with E-state index in [0.717, 1.165) is 0 Å². The van der Waals surface area contributed by atoms with Crippen molar-refractivity contribution >= 4 is 28.9 Å². The molecule has 8 heteroatoms. The molecule has 1 heterocycles. The Morgan fingerprint density at radius 2 is 1.88 bits per heavy atom. The van der Waals surface area contributed by atoms with E-state index in [1.165, 1.54) is 6.07 Å². The summed E-state index contributed by atoms with van der Waals surface area (Å²) in [5, 5.41) is 9.04. The van der Waals surface area contributed by atoms with E-state index in [0.29, 0.717) is 0 Å². The molecule has 16 heavy (non-hydrogen) atoms. The van der Waals surface area contributed by atoms with Crippen LogP contribution in [0.4, 0.5) is 18.9 Å². The molecule has 3 nitrogen and oxygen atoms in total. The Labute approximate surface area is 98.9 Å². The van der Waals surface area contributed by atoms with Crippen molar-refractivity contribution < 1.29 is 13.2 Å². The molecular weight excluding hydrogens is 266 g/mol. The first kappa shape index (κ1) is 11.7. The third-order valence-electron chi connectivity index (χ3n) is 2.39. The van der Waals surface area contributed by atoms with E-state index in [9.17, 15) is 13.2 Å². The summed E-state index contributed by atoms with van der Waals surface area (Å²) in [7, 11) is 0. The van der Waals surface area contributed by atoms with Crippen molar-refractivity contribution in [3.63, 3.8) is 0 Å². The summed E-state index contributed by atoms with van der Waals surface area (Å²) in [6.45, 7) is 0. The molecule has 0 aromatic carbocycles. The van der Waals surface area contributed by atoms with Gasteiger partial charge in [-0.25, -0.2) is 0 Å². The summed E-state index contributed by atoms with van der Waals surface area (Å²) in [6.07, 6.45) is -4.27. The van der Waals surface area contributed by atoms with Gasteiger partial charge in [0.25, 0.3) is 0 Å². The van der Waals surface area contributed by atoms with Crippen molar-refractivity contribution in [1.29, 1.82) is 0 Å². The number of nitrogens with zero attached hydrogens (tertiary/aromatic N) is 2. The first-order valence-corrected chi connectivity index (χ1v) is 5.13. The standard InChI is InChI=1S/C8H6Cl2F3N3/c9-5-3-4(6(10)16-15-5)14-7(1-2-7)8(11,12)13/h3H,1-2H2,(H,14,15). The van der Waals surface area contributed by atoms with Crippen LogP contribution < -0.4 is 5.32 Å². The van der Waals surface area contributed by atoms with Crippen molar-refractivity contribution in [2.24, 2.45) is 0 Å². The van der Waals surface area contributed by atoms with Crippen molar-refractivity contribution in [3.8, 4) is 0 Å². The van der Waals surface area contributed by atoms with Crippen LogP contribution in [0.3, 0.4) is 0 Å². The zero-order chi connectivity index (χ0) is 12.0. The maximum atomic E-state index is 12.6. The number of nitrogens with one attached hydrogen (secondary N) is 1. The van der Waals surface area contributed by atoms with Gasteiger partial charge in [0.15, 0.2) is 10.3 Å². The predicted octanol–water partition coefficient (Wildman–Crippen LogP) is 3.29. The van der Waals surface area contributed by atoms with Crippen LogP contribution in [0, 0.1) is 0 Å². The maximum absolute atomic E-state index is 12.6. The van der Waals surface area contributed by atoms with Gasteiger partial charge in [-0.3, -0.25) is 0 Å². The Kier molecular flexibility index (Phi) is 2.66. The number of hydrogen-bond donors (Lipinski definition) is 1. The van der Waals surface area contributed by atoms with Crippen molar-refractivity contribution in [2.45, 2.75) is 24.6 Å². The topological polar surface area (TPSA) is 37.8 Å². The minimum absolute atomic E-state index is 0.00938. The fraction of sp³-hybridized carbons (Fsp3) is 0.500. The SMILES string of the molecule is FC(F)(F)C1(Nc2cc(Cl)nnc2Cl)CC1. The van der Waals surface area contributed by atoms with Crippen LogP contribution in [0.5, 0.6) is 0 Å². The van der Waals surface area contributed by atoms with Gasteiger partial charge in [0.1, 0.15) is 5.54 Å². The van der Waals surface area contributed by atoms with Gasteiger partial charge in [0.2, 0.25) is 0 Å². The number of halogens is 5. The molecule has 1 aliphatic rings. The quantitative estimate of drug-likeness (QED) is 0.897. The van der Waals surface area contributed by atoms with E-state index in [2.05, 4.69) is 15.5 Å². The first-order valence-electron chi connectivity index (χ1n) is 4.38. The Balaban J connectivity index is 2.25. The summed E-state index contributed by atoms with van der Waals surface area (Å²) in [6, 6.07) is 1.22. The van der Waals surface area contributed by atoms with E-state index in [4.69, 9.17) is 23.2 Å². The molecule has 1 aliphatic carbocycles. The Bertz CT molecular complexity index is 417. The Morgan fingerprint density at radius 3 is 2.38 bits per heavy atom. The lowest BCUT2D eigenvalue weighted by Crippen LogP contribution is -2.38. The van der Waals surface area contributed by atoms with Crippen molar-refractivity contribution in [2.75, 3.05) is 5.32 Å². The molecule has 1 fully saturated rings. The predicted molar refractivity (Wildman–Crippen MR) is 53.7 cm³/mol. The molecule has 88 valence electrons. The van der Waals surface area contributed by atoms with E-state index in [-0.39, 0.29) is 28.8 Å². The summed E-state index contributed by atoms with van der Waals surface area (Å²) in [4.78, 5) is 0. The summed E-state index contributed by atoms with van der Waals surface area (Å²) < 4.78 is 37.9. The average molecular weight is 272 g/mol. The van der Waals surface area contributed by atoms with Crippen LogP contribution in [0.25, 0.3) is 0 Å². The second kappa shape index (κ2) is 3.63. The normalized spacial score (nSPS) is 18.3. The molecule has 0 bridgehead atoms. The summed E-state index contributed by atoms with van der Waals surface area (Å²) >= 11 is 11.1. The molecule has 0 amide bonds. The zero-order valence-corrected chi connectivity index (χ0v) is 9.29. The van der Waals surface area contributed by atoms with E-state index in [1.54, 1.807) is 0 Å². The van der Waals surface area contributed by atoms with Gasteiger partial charge >= 0.3 is 6.18 Å². The summed E-state index contributed by atoms with van der Waals surface area (Å²) in [5.41, 5.74) is -1.83. The van der Waals surface area contributed by atoms with Gasteiger partial charge in [-0.15, -0.1) is 10.2 Å². The molecule has 0 radical (unpaired) electrons. The largest absolute Gasteiger partial charge is 0.411 e. The lowest BCUT2D eigenvalue weighted by molar-refractivity contribution is -0.151.